The molecule has 0 saturated heterocycles. The number of hydrogen-bond acceptors (Lipinski definition) is 3. The molecule has 0 aliphatic rings. The Morgan fingerprint density at radius 1 is 1.19 bits per heavy atom. The number of carbonyl (C=O) groups is 1. The van der Waals surface area contributed by atoms with Crippen LogP contribution >= 0.6 is 0 Å². The first-order valence-corrected chi connectivity index (χ1v) is 9.22. The normalized spacial score (nSPS) is 11.1. The van der Waals surface area contributed by atoms with Crippen LogP contribution in [0.15, 0.2) is 24.3 Å². The Kier molecular flexibility index (Phi) is 7.42. The number of aryl methyl sites for hydroxylation is 1. The summed E-state index contributed by atoms with van der Waals surface area (Å²) in [6, 6.07) is 8.23. The van der Waals surface area contributed by atoms with Gasteiger partial charge < -0.3 is 19.7 Å². The molecule has 0 unspecified atom stereocenters. The maximum Gasteiger partial charge on any atom is 0.337 e. The Balaban J connectivity index is 2.20. The molecule has 0 spiro atoms. The van der Waals surface area contributed by atoms with E-state index in [1.54, 1.807) is 0 Å². The smallest absolute Gasteiger partial charge is 0.337 e. The fourth-order valence-electron chi connectivity index (χ4n) is 3.30. The molecule has 1 heterocycles. The summed E-state index contributed by atoms with van der Waals surface area (Å²) in [6.45, 7) is 11.5. The van der Waals surface area contributed by atoms with Crippen molar-refractivity contribution in [3.8, 4) is 0 Å². The molecule has 0 amide bonds. The van der Waals surface area contributed by atoms with Crippen molar-refractivity contribution in [2.24, 2.45) is 0 Å². The molecule has 0 saturated carbocycles. The van der Waals surface area contributed by atoms with Crippen molar-refractivity contribution in [2.45, 2.75) is 47.2 Å². The van der Waals surface area contributed by atoms with E-state index in [9.17, 15) is 9.90 Å². The third-order valence-electron chi connectivity index (χ3n) is 4.86. The van der Waals surface area contributed by atoms with Gasteiger partial charge >= 0.3 is 5.97 Å². The number of aromatic nitrogens is 1. The summed E-state index contributed by atoms with van der Waals surface area (Å²) in [6.07, 6.45) is 0.915. The van der Waals surface area contributed by atoms with Crippen LogP contribution in [0.2, 0.25) is 0 Å². The summed E-state index contributed by atoms with van der Waals surface area (Å²) >= 11 is 0. The van der Waals surface area contributed by atoms with E-state index >= 15 is 0 Å². The van der Waals surface area contributed by atoms with E-state index in [1.807, 2.05) is 32.9 Å². The van der Waals surface area contributed by atoms with E-state index in [-0.39, 0.29) is 0 Å². The lowest BCUT2D eigenvalue weighted by Gasteiger charge is -2.12. The van der Waals surface area contributed by atoms with Crippen molar-refractivity contribution in [3.05, 3.63) is 57.9 Å². The van der Waals surface area contributed by atoms with Crippen LogP contribution in [0.3, 0.4) is 0 Å². The summed E-state index contributed by atoms with van der Waals surface area (Å²) < 4.78 is 7.45. The fraction of sp³-hybridized carbons (Fsp3) is 0.476. The molecule has 5 nitrogen and oxygen atoms in total. The number of ether oxygens (including phenoxy) is 1. The van der Waals surface area contributed by atoms with E-state index < -0.39 is 5.97 Å². The number of nitrogens with one attached hydrogen (secondary N) is 1. The number of rotatable bonds is 10. The van der Waals surface area contributed by atoms with Gasteiger partial charge in [-0.2, -0.15) is 0 Å². The quantitative estimate of drug-likeness (QED) is 0.636. The fourth-order valence-corrected chi connectivity index (χ4v) is 3.30. The van der Waals surface area contributed by atoms with E-state index in [0.717, 1.165) is 43.1 Å². The highest BCUT2D eigenvalue weighted by molar-refractivity contribution is 5.91. The van der Waals surface area contributed by atoms with Gasteiger partial charge in [-0.3, -0.25) is 0 Å². The molecule has 142 valence electrons. The van der Waals surface area contributed by atoms with Crippen molar-refractivity contribution in [1.82, 2.24) is 9.88 Å². The van der Waals surface area contributed by atoms with Crippen LogP contribution in [0.1, 0.15) is 51.8 Å². The lowest BCUT2D eigenvalue weighted by atomic mass is 10.1. The Morgan fingerprint density at radius 2 is 1.92 bits per heavy atom. The van der Waals surface area contributed by atoms with Gasteiger partial charge in [-0.25, -0.2) is 4.79 Å². The Morgan fingerprint density at radius 3 is 2.58 bits per heavy atom. The van der Waals surface area contributed by atoms with Gasteiger partial charge in [0.15, 0.2) is 0 Å². The molecule has 5 heteroatoms. The second kappa shape index (κ2) is 9.55. The third-order valence-corrected chi connectivity index (χ3v) is 4.86. The van der Waals surface area contributed by atoms with Crippen molar-refractivity contribution in [1.29, 1.82) is 0 Å². The lowest BCUT2D eigenvalue weighted by molar-refractivity contribution is 0.0694. The second-order valence-corrected chi connectivity index (χ2v) is 6.57. The van der Waals surface area contributed by atoms with Gasteiger partial charge in [0.05, 0.1) is 5.56 Å². The first-order chi connectivity index (χ1) is 12.5. The van der Waals surface area contributed by atoms with Crippen LogP contribution in [-0.2, 0) is 17.8 Å². The summed E-state index contributed by atoms with van der Waals surface area (Å²) in [4.78, 5) is 11.8. The molecule has 0 aliphatic heterocycles. The van der Waals surface area contributed by atoms with Gasteiger partial charge in [0.1, 0.15) is 0 Å². The molecular formula is C21H30N2O3. The van der Waals surface area contributed by atoms with Crippen molar-refractivity contribution in [2.75, 3.05) is 19.8 Å². The van der Waals surface area contributed by atoms with Gasteiger partial charge in [-0.05, 0) is 51.8 Å². The monoisotopic (exact) mass is 358 g/mol. The highest BCUT2D eigenvalue weighted by Gasteiger charge is 2.22. The molecule has 2 rings (SSSR count). The second-order valence-electron chi connectivity index (χ2n) is 6.57. The predicted octanol–water partition coefficient (Wildman–Crippen LogP) is 3.68. The zero-order valence-corrected chi connectivity index (χ0v) is 16.3. The molecule has 0 bridgehead atoms. The van der Waals surface area contributed by atoms with E-state index in [1.165, 1.54) is 11.1 Å². The van der Waals surface area contributed by atoms with Gasteiger partial charge in [0, 0.05) is 43.3 Å². The van der Waals surface area contributed by atoms with E-state index in [4.69, 9.17) is 4.74 Å². The number of hydrogen-bond donors (Lipinski definition) is 2. The topological polar surface area (TPSA) is 63.5 Å². The molecule has 26 heavy (non-hydrogen) atoms. The van der Waals surface area contributed by atoms with Crippen molar-refractivity contribution >= 4 is 5.97 Å². The van der Waals surface area contributed by atoms with E-state index in [0.29, 0.717) is 18.7 Å². The zero-order valence-electron chi connectivity index (χ0n) is 16.3. The first-order valence-electron chi connectivity index (χ1n) is 9.22. The highest BCUT2D eigenvalue weighted by atomic mass is 16.5. The van der Waals surface area contributed by atoms with Gasteiger partial charge in [0.2, 0.25) is 0 Å². The third kappa shape index (κ3) is 4.74. The number of nitrogens with zero attached hydrogens (tertiary/aromatic N) is 1. The Bertz CT molecular complexity index is 750. The van der Waals surface area contributed by atoms with Gasteiger partial charge in [-0.15, -0.1) is 0 Å². The minimum Gasteiger partial charge on any atom is -0.478 e. The lowest BCUT2D eigenvalue weighted by Crippen LogP contribution is -2.18. The van der Waals surface area contributed by atoms with Crippen LogP contribution < -0.4 is 5.32 Å². The Labute approximate surface area is 156 Å². The standard InChI is InChI=1S/C21H30N2O3/c1-5-26-12-8-11-22-13-19-16(3)23(17(4)20(19)21(24)25)14-18-10-7-6-9-15(18)2/h6-7,9-10,22H,5,8,11-14H2,1-4H3,(H,24,25). The van der Waals surface area contributed by atoms with Crippen LogP contribution in [0.25, 0.3) is 0 Å². The summed E-state index contributed by atoms with van der Waals surface area (Å²) in [5.41, 5.74) is 5.55. The molecular weight excluding hydrogens is 328 g/mol. The average molecular weight is 358 g/mol. The maximum absolute atomic E-state index is 11.8. The van der Waals surface area contributed by atoms with E-state index in [2.05, 4.69) is 28.9 Å². The molecule has 1 aromatic carbocycles. The van der Waals surface area contributed by atoms with Crippen molar-refractivity contribution in [3.63, 3.8) is 0 Å². The van der Waals surface area contributed by atoms with Crippen LogP contribution in [0, 0.1) is 20.8 Å². The first kappa shape index (κ1) is 20.2. The molecule has 0 radical (unpaired) electrons. The molecule has 2 aromatic rings. The summed E-state index contributed by atoms with van der Waals surface area (Å²) in [5, 5.41) is 13.1. The van der Waals surface area contributed by atoms with Crippen LogP contribution in [0.5, 0.6) is 0 Å². The maximum atomic E-state index is 11.8. The highest BCUT2D eigenvalue weighted by Crippen LogP contribution is 2.24. The Hall–Kier alpha value is -2.11. The largest absolute Gasteiger partial charge is 0.478 e. The molecule has 0 fully saturated rings. The zero-order chi connectivity index (χ0) is 19.1. The number of benzene rings is 1. The molecule has 0 atom stereocenters. The minimum atomic E-state index is -0.861. The molecule has 2 N–H and O–H groups in total. The van der Waals surface area contributed by atoms with Gasteiger partial charge in [0.25, 0.3) is 0 Å². The SMILES string of the molecule is CCOCCCNCc1c(C(=O)O)c(C)n(Cc2ccccc2C)c1C. The number of aromatic carboxylic acids is 1. The van der Waals surface area contributed by atoms with Crippen molar-refractivity contribution < 1.29 is 14.6 Å². The summed E-state index contributed by atoms with van der Waals surface area (Å²) in [7, 11) is 0. The number of carboxylic acid groups (broad SMARTS) is 1. The van der Waals surface area contributed by atoms with Crippen LogP contribution in [-0.4, -0.2) is 35.4 Å². The average Bonchev–Trinajstić information content (AvgIpc) is 2.84. The van der Waals surface area contributed by atoms with Crippen LogP contribution in [0.4, 0.5) is 0 Å². The molecule has 1 aromatic heterocycles. The molecule has 0 aliphatic carbocycles. The minimum absolute atomic E-state index is 0.424. The summed E-state index contributed by atoms with van der Waals surface area (Å²) in [5.74, 6) is -0.861. The number of carboxylic acids is 1. The predicted molar refractivity (Wildman–Crippen MR) is 104 cm³/mol. The van der Waals surface area contributed by atoms with Gasteiger partial charge in [-0.1, -0.05) is 24.3 Å².